The molecule has 0 radical (unpaired) electrons. The summed E-state index contributed by atoms with van der Waals surface area (Å²) in [7, 11) is 3.50. The summed E-state index contributed by atoms with van der Waals surface area (Å²) in [6.45, 7) is 4.44. The van der Waals surface area contributed by atoms with Crippen LogP contribution in [0.15, 0.2) is 65.8 Å². The van der Waals surface area contributed by atoms with Crippen molar-refractivity contribution in [1.82, 2.24) is 20.0 Å². The first kappa shape index (κ1) is 21.7. The molecule has 4 rings (SSSR count). The van der Waals surface area contributed by atoms with Gasteiger partial charge in [0.15, 0.2) is 5.96 Å². The number of nitrogens with one attached hydrogen (secondary N) is 1. The standard InChI is InChI=1S/C24H29FN6O/c1-26-24(30-17-15-29(16-18-30)21-7-9-23(32-2)10-8-21)27-13-11-20-12-14-31(28-20)22-5-3-19(25)4-6-22/h3-10,12,14H,11,13,15-18H2,1-2H3,(H,26,27). The Labute approximate surface area is 188 Å². The van der Waals surface area contributed by atoms with Crippen LogP contribution in [0, 0.1) is 5.82 Å². The molecule has 2 heterocycles. The van der Waals surface area contributed by atoms with E-state index in [0.717, 1.165) is 62.2 Å². The van der Waals surface area contributed by atoms with Crippen LogP contribution in [0.25, 0.3) is 5.69 Å². The Morgan fingerprint density at radius 3 is 2.34 bits per heavy atom. The van der Waals surface area contributed by atoms with E-state index in [4.69, 9.17) is 4.74 Å². The highest BCUT2D eigenvalue weighted by Gasteiger charge is 2.19. The Hall–Kier alpha value is -3.55. The van der Waals surface area contributed by atoms with E-state index in [9.17, 15) is 4.39 Å². The summed E-state index contributed by atoms with van der Waals surface area (Å²) in [4.78, 5) is 9.13. The van der Waals surface area contributed by atoms with Gasteiger partial charge in [0.25, 0.3) is 0 Å². The molecule has 2 aromatic carbocycles. The second kappa shape index (κ2) is 10.2. The van der Waals surface area contributed by atoms with Crippen molar-refractivity contribution in [3.63, 3.8) is 0 Å². The van der Waals surface area contributed by atoms with Crippen LogP contribution in [0.1, 0.15) is 5.69 Å². The Balaban J connectivity index is 1.25. The zero-order chi connectivity index (χ0) is 22.3. The van der Waals surface area contributed by atoms with Crippen molar-refractivity contribution in [2.45, 2.75) is 6.42 Å². The van der Waals surface area contributed by atoms with Crippen molar-refractivity contribution < 1.29 is 9.13 Å². The zero-order valence-corrected chi connectivity index (χ0v) is 18.5. The molecule has 0 unspecified atom stereocenters. The third-order valence-electron chi connectivity index (χ3n) is 5.63. The number of nitrogens with zero attached hydrogens (tertiary/aromatic N) is 5. The number of guanidine groups is 1. The van der Waals surface area contributed by atoms with E-state index in [1.165, 1.54) is 17.8 Å². The highest BCUT2D eigenvalue weighted by Crippen LogP contribution is 2.20. The van der Waals surface area contributed by atoms with Gasteiger partial charge in [0.2, 0.25) is 0 Å². The van der Waals surface area contributed by atoms with Gasteiger partial charge in [-0.2, -0.15) is 5.10 Å². The first-order chi connectivity index (χ1) is 15.7. The van der Waals surface area contributed by atoms with Gasteiger partial charge in [0, 0.05) is 58.1 Å². The Morgan fingerprint density at radius 2 is 1.69 bits per heavy atom. The van der Waals surface area contributed by atoms with Gasteiger partial charge in [-0.3, -0.25) is 4.99 Å². The quantitative estimate of drug-likeness (QED) is 0.476. The van der Waals surface area contributed by atoms with E-state index in [1.807, 2.05) is 31.4 Å². The van der Waals surface area contributed by atoms with E-state index in [0.29, 0.717) is 0 Å². The van der Waals surface area contributed by atoms with Gasteiger partial charge in [0.1, 0.15) is 11.6 Å². The smallest absolute Gasteiger partial charge is 0.193 e. The maximum atomic E-state index is 13.1. The molecule has 0 atom stereocenters. The number of rotatable bonds is 6. The molecule has 3 aromatic rings. The number of piperazine rings is 1. The van der Waals surface area contributed by atoms with E-state index in [-0.39, 0.29) is 5.82 Å². The van der Waals surface area contributed by atoms with Crippen LogP contribution in [-0.4, -0.2) is 67.5 Å². The molecule has 0 saturated carbocycles. The molecule has 0 bridgehead atoms. The van der Waals surface area contributed by atoms with Crippen LogP contribution in [0.2, 0.25) is 0 Å². The minimum Gasteiger partial charge on any atom is -0.497 e. The fourth-order valence-corrected chi connectivity index (χ4v) is 3.84. The summed E-state index contributed by atoms with van der Waals surface area (Å²) >= 11 is 0. The molecule has 1 aliphatic heterocycles. The molecule has 168 valence electrons. The third-order valence-corrected chi connectivity index (χ3v) is 5.63. The number of ether oxygens (including phenoxy) is 1. The summed E-state index contributed by atoms with van der Waals surface area (Å²) < 4.78 is 20.1. The second-order valence-electron chi connectivity index (χ2n) is 7.62. The summed E-state index contributed by atoms with van der Waals surface area (Å²) in [5.74, 6) is 1.54. The number of benzene rings is 2. The predicted molar refractivity (Wildman–Crippen MR) is 125 cm³/mol. The van der Waals surface area contributed by atoms with Crippen LogP contribution in [0.4, 0.5) is 10.1 Å². The van der Waals surface area contributed by atoms with Gasteiger partial charge in [0.05, 0.1) is 18.5 Å². The highest BCUT2D eigenvalue weighted by molar-refractivity contribution is 5.80. The molecule has 1 aromatic heterocycles. The van der Waals surface area contributed by atoms with E-state index in [2.05, 4.69) is 37.3 Å². The summed E-state index contributed by atoms with van der Waals surface area (Å²) in [6.07, 6.45) is 2.68. The molecule has 1 saturated heterocycles. The number of aromatic nitrogens is 2. The molecule has 0 aliphatic carbocycles. The van der Waals surface area contributed by atoms with E-state index < -0.39 is 0 Å². The van der Waals surface area contributed by atoms with Gasteiger partial charge in [-0.1, -0.05) is 0 Å². The van der Waals surface area contributed by atoms with Gasteiger partial charge in [-0.05, 0) is 54.6 Å². The van der Waals surface area contributed by atoms with Crippen molar-refractivity contribution in [3.8, 4) is 11.4 Å². The van der Waals surface area contributed by atoms with Crippen molar-refractivity contribution >= 4 is 11.6 Å². The summed E-state index contributed by atoms with van der Waals surface area (Å²) in [6, 6.07) is 16.5. The third kappa shape index (κ3) is 5.19. The fourth-order valence-electron chi connectivity index (χ4n) is 3.84. The number of aliphatic imine (C=N–C) groups is 1. The van der Waals surface area contributed by atoms with Crippen LogP contribution in [0.3, 0.4) is 0 Å². The molecular formula is C24H29FN6O. The highest BCUT2D eigenvalue weighted by atomic mass is 19.1. The van der Waals surface area contributed by atoms with Gasteiger partial charge in [-0.15, -0.1) is 0 Å². The molecule has 7 nitrogen and oxygen atoms in total. The molecule has 0 spiro atoms. The number of anilines is 1. The van der Waals surface area contributed by atoms with Crippen molar-refractivity contribution in [2.24, 2.45) is 4.99 Å². The van der Waals surface area contributed by atoms with Gasteiger partial charge >= 0.3 is 0 Å². The first-order valence-electron chi connectivity index (χ1n) is 10.8. The van der Waals surface area contributed by atoms with E-state index >= 15 is 0 Å². The largest absolute Gasteiger partial charge is 0.497 e. The average Bonchev–Trinajstić information content (AvgIpc) is 3.31. The average molecular weight is 437 g/mol. The first-order valence-corrected chi connectivity index (χ1v) is 10.8. The maximum absolute atomic E-state index is 13.1. The van der Waals surface area contributed by atoms with Crippen LogP contribution in [-0.2, 0) is 6.42 Å². The van der Waals surface area contributed by atoms with Crippen molar-refractivity contribution in [2.75, 3.05) is 51.8 Å². The fraction of sp³-hybridized carbons (Fsp3) is 0.333. The second-order valence-corrected chi connectivity index (χ2v) is 7.62. The molecule has 1 fully saturated rings. The lowest BCUT2D eigenvalue weighted by molar-refractivity contribution is 0.372. The molecule has 0 amide bonds. The number of halogens is 1. The Morgan fingerprint density at radius 1 is 1.00 bits per heavy atom. The Bertz CT molecular complexity index is 1020. The van der Waals surface area contributed by atoms with Crippen molar-refractivity contribution in [1.29, 1.82) is 0 Å². The van der Waals surface area contributed by atoms with Gasteiger partial charge in [-0.25, -0.2) is 9.07 Å². The number of methoxy groups -OCH3 is 1. The van der Waals surface area contributed by atoms with Crippen LogP contribution < -0.4 is 15.0 Å². The van der Waals surface area contributed by atoms with Crippen molar-refractivity contribution in [3.05, 3.63) is 72.3 Å². The van der Waals surface area contributed by atoms with Crippen LogP contribution in [0.5, 0.6) is 5.75 Å². The summed E-state index contributed by atoms with van der Waals surface area (Å²) in [5, 5.41) is 8.04. The minimum absolute atomic E-state index is 0.249. The number of hydrogen-bond donors (Lipinski definition) is 1. The minimum atomic E-state index is -0.249. The SMILES string of the molecule is CN=C(NCCc1ccn(-c2ccc(F)cc2)n1)N1CCN(c2ccc(OC)cc2)CC1. The molecule has 8 heteroatoms. The predicted octanol–water partition coefficient (Wildman–Crippen LogP) is 2.96. The summed E-state index contributed by atoms with van der Waals surface area (Å²) in [5.41, 5.74) is 3.03. The normalized spacial score (nSPS) is 14.5. The molecule has 1 N–H and O–H groups in total. The lowest BCUT2D eigenvalue weighted by Gasteiger charge is -2.37. The van der Waals surface area contributed by atoms with E-state index in [1.54, 1.807) is 23.9 Å². The molecule has 1 aliphatic rings. The lowest BCUT2D eigenvalue weighted by Crippen LogP contribution is -2.52. The zero-order valence-electron chi connectivity index (χ0n) is 18.5. The maximum Gasteiger partial charge on any atom is 0.193 e. The van der Waals surface area contributed by atoms with Crippen LogP contribution >= 0.6 is 0 Å². The molecular weight excluding hydrogens is 407 g/mol. The number of hydrogen-bond acceptors (Lipinski definition) is 4. The molecule has 32 heavy (non-hydrogen) atoms. The topological polar surface area (TPSA) is 57.9 Å². The van der Waals surface area contributed by atoms with Gasteiger partial charge < -0.3 is 19.9 Å². The lowest BCUT2D eigenvalue weighted by atomic mass is 10.2. The Kier molecular flexibility index (Phi) is 6.89. The monoisotopic (exact) mass is 436 g/mol.